The molecular formula is C15H23NO3. The van der Waals surface area contributed by atoms with E-state index in [0.29, 0.717) is 6.54 Å². The molecule has 106 valence electrons. The second-order valence-corrected chi connectivity index (χ2v) is 5.48. The highest BCUT2D eigenvalue weighted by atomic mass is 16.7. The first-order chi connectivity index (χ1) is 9.05. The van der Waals surface area contributed by atoms with Crippen molar-refractivity contribution in [2.24, 2.45) is 0 Å². The third kappa shape index (κ3) is 3.47. The Bertz CT molecular complexity index is 427. The molecule has 0 radical (unpaired) electrons. The molecule has 1 aliphatic rings. The van der Waals surface area contributed by atoms with E-state index < -0.39 is 0 Å². The molecule has 1 aromatic carbocycles. The molecule has 0 fully saturated rings. The van der Waals surface area contributed by atoms with Crippen LogP contribution in [0.15, 0.2) is 18.2 Å². The molecule has 1 heterocycles. The lowest BCUT2D eigenvalue weighted by Gasteiger charge is -2.19. The van der Waals surface area contributed by atoms with Gasteiger partial charge in [0.05, 0.1) is 0 Å². The third-order valence-corrected chi connectivity index (χ3v) is 3.32. The van der Waals surface area contributed by atoms with Crippen LogP contribution in [0.2, 0.25) is 0 Å². The van der Waals surface area contributed by atoms with Gasteiger partial charge in [0.2, 0.25) is 0 Å². The van der Waals surface area contributed by atoms with E-state index in [1.54, 1.807) is 14.2 Å². The number of hydrogen-bond acceptors (Lipinski definition) is 4. The van der Waals surface area contributed by atoms with E-state index in [1.807, 2.05) is 0 Å². The van der Waals surface area contributed by atoms with Crippen molar-refractivity contribution >= 4 is 0 Å². The van der Waals surface area contributed by atoms with Gasteiger partial charge < -0.3 is 19.5 Å². The molecule has 0 aliphatic carbocycles. The van der Waals surface area contributed by atoms with E-state index in [0.717, 1.165) is 18.7 Å². The molecule has 0 bridgehead atoms. The summed E-state index contributed by atoms with van der Waals surface area (Å²) >= 11 is 0. The molecule has 0 saturated heterocycles. The number of ether oxygens (including phenoxy) is 3. The quantitative estimate of drug-likeness (QED) is 0.800. The Labute approximate surface area is 115 Å². The fourth-order valence-electron chi connectivity index (χ4n) is 2.41. The lowest BCUT2D eigenvalue weighted by atomic mass is 10.0. The highest BCUT2D eigenvalue weighted by molar-refractivity contribution is 5.45. The molecule has 1 aliphatic heterocycles. The van der Waals surface area contributed by atoms with E-state index in [4.69, 9.17) is 14.2 Å². The van der Waals surface area contributed by atoms with Gasteiger partial charge in [-0.2, -0.15) is 0 Å². The highest BCUT2D eigenvalue weighted by Gasteiger charge is 2.31. The number of fused-ring (bicyclic) bond motifs is 1. The summed E-state index contributed by atoms with van der Waals surface area (Å²) in [7, 11) is 3.28. The predicted molar refractivity (Wildman–Crippen MR) is 74.4 cm³/mol. The van der Waals surface area contributed by atoms with Gasteiger partial charge in [0.1, 0.15) is 11.4 Å². The fraction of sp³-hybridized carbons (Fsp3) is 0.600. The second kappa shape index (κ2) is 5.90. The molecule has 0 saturated carbocycles. The zero-order chi connectivity index (χ0) is 13.9. The van der Waals surface area contributed by atoms with Crippen LogP contribution in [-0.2, 0) is 22.4 Å². The molecule has 1 aromatic rings. The van der Waals surface area contributed by atoms with Crippen molar-refractivity contribution in [3.8, 4) is 5.75 Å². The Kier molecular flexibility index (Phi) is 4.45. The average Bonchev–Trinajstić information content (AvgIpc) is 2.69. The molecule has 0 spiro atoms. The molecule has 0 aromatic heterocycles. The maximum Gasteiger partial charge on any atom is 0.169 e. The second-order valence-electron chi connectivity index (χ2n) is 5.48. The van der Waals surface area contributed by atoms with Gasteiger partial charge in [0.15, 0.2) is 6.29 Å². The first kappa shape index (κ1) is 14.3. The fourth-order valence-corrected chi connectivity index (χ4v) is 2.41. The van der Waals surface area contributed by atoms with E-state index in [1.165, 1.54) is 11.1 Å². The minimum atomic E-state index is -0.214. The first-order valence-corrected chi connectivity index (χ1v) is 6.62. The first-order valence-electron chi connectivity index (χ1n) is 6.62. The Balaban J connectivity index is 1.98. The monoisotopic (exact) mass is 265 g/mol. The van der Waals surface area contributed by atoms with Crippen molar-refractivity contribution in [1.82, 2.24) is 5.32 Å². The van der Waals surface area contributed by atoms with Gasteiger partial charge in [0.25, 0.3) is 0 Å². The maximum absolute atomic E-state index is 6.03. The minimum Gasteiger partial charge on any atom is -0.487 e. The summed E-state index contributed by atoms with van der Waals surface area (Å²) in [5.74, 6) is 1.03. The van der Waals surface area contributed by atoms with Crippen LogP contribution < -0.4 is 10.1 Å². The minimum absolute atomic E-state index is 0.0972. The third-order valence-electron chi connectivity index (χ3n) is 3.32. The van der Waals surface area contributed by atoms with Gasteiger partial charge in [-0.15, -0.1) is 0 Å². The largest absolute Gasteiger partial charge is 0.487 e. The van der Waals surface area contributed by atoms with Gasteiger partial charge in [0, 0.05) is 39.3 Å². The van der Waals surface area contributed by atoms with Crippen molar-refractivity contribution in [3.63, 3.8) is 0 Å². The van der Waals surface area contributed by atoms with E-state index in [2.05, 4.69) is 37.4 Å². The highest BCUT2D eigenvalue weighted by Crippen LogP contribution is 2.37. The lowest BCUT2D eigenvalue weighted by Crippen LogP contribution is -2.29. The summed E-state index contributed by atoms with van der Waals surface area (Å²) in [6, 6.07) is 6.33. The van der Waals surface area contributed by atoms with E-state index >= 15 is 0 Å². The smallest absolute Gasteiger partial charge is 0.169 e. The van der Waals surface area contributed by atoms with Crippen LogP contribution in [0.4, 0.5) is 0 Å². The summed E-state index contributed by atoms with van der Waals surface area (Å²) in [6.07, 6.45) is 0.753. The summed E-state index contributed by atoms with van der Waals surface area (Å²) in [5.41, 5.74) is 2.38. The van der Waals surface area contributed by atoms with Gasteiger partial charge >= 0.3 is 0 Å². The molecular weight excluding hydrogens is 242 g/mol. The SMILES string of the molecule is COC(CNCc1cccc2c1OC(C)(C)C2)OC. The van der Waals surface area contributed by atoms with Crippen LogP contribution in [-0.4, -0.2) is 32.7 Å². The number of para-hydroxylation sites is 1. The molecule has 1 N–H and O–H groups in total. The number of hydrogen-bond donors (Lipinski definition) is 1. The normalized spacial score (nSPS) is 16.5. The van der Waals surface area contributed by atoms with Gasteiger partial charge in [-0.3, -0.25) is 0 Å². The van der Waals surface area contributed by atoms with Crippen LogP contribution in [0.5, 0.6) is 5.75 Å². The van der Waals surface area contributed by atoms with Crippen LogP contribution in [0.25, 0.3) is 0 Å². The molecule has 0 atom stereocenters. The van der Waals surface area contributed by atoms with Crippen molar-refractivity contribution in [2.75, 3.05) is 20.8 Å². The van der Waals surface area contributed by atoms with E-state index in [9.17, 15) is 0 Å². The predicted octanol–water partition coefficient (Wildman–Crippen LogP) is 2.11. The number of benzene rings is 1. The van der Waals surface area contributed by atoms with Crippen molar-refractivity contribution in [3.05, 3.63) is 29.3 Å². The molecule has 4 heteroatoms. The Morgan fingerprint density at radius 1 is 1.32 bits per heavy atom. The van der Waals surface area contributed by atoms with Crippen LogP contribution in [0.3, 0.4) is 0 Å². The summed E-state index contributed by atoms with van der Waals surface area (Å²) < 4.78 is 16.3. The summed E-state index contributed by atoms with van der Waals surface area (Å²) in [6.45, 7) is 5.65. The van der Waals surface area contributed by atoms with Crippen LogP contribution in [0, 0.1) is 0 Å². The zero-order valence-corrected chi connectivity index (χ0v) is 12.2. The number of nitrogens with one attached hydrogen (secondary N) is 1. The van der Waals surface area contributed by atoms with E-state index in [-0.39, 0.29) is 11.9 Å². The van der Waals surface area contributed by atoms with Crippen molar-refractivity contribution in [2.45, 2.75) is 38.7 Å². The topological polar surface area (TPSA) is 39.7 Å². The summed E-state index contributed by atoms with van der Waals surface area (Å²) in [4.78, 5) is 0. The number of methoxy groups -OCH3 is 2. The Morgan fingerprint density at radius 3 is 2.74 bits per heavy atom. The lowest BCUT2D eigenvalue weighted by molar-refractivity contribution is -0.0989. The van der Waals surface area contributed by atoms with Gasteiger partial charge in [-0.05, 0) is 19.4 Å². The Morgan fingerprint density at radius 2 is 2.05 bits per heavy atom. The molecule has 0 unspecified atom stereocenters. The molecule has 4 nitrogen and oxygen atoms in total. The number of rotatable bonds is 6. The van der Waals surface area contributed by atoms with Crippen molar-refractivity contribution < 1.29 is 14.2 Å². The van der Waals surface area contributed by atoms with Crippen LogP contribution >= 0.6 is 0 Å². The van der Waals surface area contributed by atoms with Gasteiger partial charge in [-0.1, -0.05) is 18.2 Å². The molecule has 0 amide bonds. The summed E-state index contributed by atoms with van der Waals surface area (Å²) in [5, 5.41) is 3.33. The zero-order valence-electron chi connectivity index (χ0n) is 12.2. The average molecular weight is 265 g/mol. The van der Waals surface area contributed by atoms with Gasteiger partial charge in [-0.25, -0.2) is 0 Å². The van der Waals surface area contributed by atoms with Crippen LogP contribution in [0.1, 0.15) is 25.0 Å². The maximum atomic E-state index is 6.03. The Hall–Kier alpha value is -1.10. The molecule has 19 heavy (non-hydrogen) atoms. The molecule has 2 rings (SSSR count). The van der Waals surface area contributed by atoms with Crippen molar-refractivity contribution in [1.29, 1.82) is 0 Å². The standard InChI is InChI=1S/C15H23NO3/c1-15(2)8-11-6-5-7-12(14(11)19-15)9-16-10-13(17-3)18-4/h5-7,13,16H,8-10H2,1-4H3.